The van der Waals surface area contributed by atoms with Crippen molar-refractivity contribution in [3.8, 4) is 11.1 Å². The number of halogens is 1. The average Bonchev–Trinajstić information content (AvgIpc) is 2.37. The number of rotatable bonds is 2. The third-order valence-corrected chi connectivity index (χ3v) is 3.31. The van der Waals surface area contributed by atoms with Crippen LogP contribution in [0.2, 0.25) is 5.15 Å². The van der Waals surface area contributed by atoms with Gasteiger partial charge in [-0.1, -0.05) is 17.7 Å². The second-order valence-corrected chi connectivity index (χ2v) is 6.86. The minimum Gasteiger partial charge on any atom is -0.444 e. The molecule has 122 valence electrons. The monoisotopic (exact) mass is 332 g/mol. The van der Waals surface area contributed by atoms with E-state index in [9.17, 15) is 4.79 Å². The molecule has 1 heterocycles. The maximum absolute atomic E-state index is 11.9. The van der Waals surface area contributed by atoms with Gasteiger partial charge in [-0.25, -0.2) is 9.78 Å². The molecule has 0 spiro atoms. The fourth-order valence-corrected chi connectivity index (χ4v) is 2.47. The first-order valence-electron chi connectivity index (χ1n) is 7.39. The first-order chi connectivity index (χ1) is 10.6. The number of benzene rings is 1. The maximum Gasteiger partial charge on any atom is 0.412 e. The van der Waals surface area contributed by atoms with Crippen LogP contribution < -0.4 is 5.32 Å². The average molecular weight is 333 g/mol. The molecule has 2 aromatic rings. The molecule has 0 saturated heterocycles. The van der Waals surface area contributed by atoms with Crippen molar-refractivity contribution >= 4 is 23.4 Å². The van der Waals surface area contributed by atoms with Gasteiger partial charge in [0.1, 0.15) is 10.8 Å². The third kappa shape index (κ3) is 4.96. The molecular weight excluding hydrogens is 312 g/mol. The Morgan fingerprint density at radius 3 is 2.48 bits per heavy atom. The molecule has 0 aliphatic carbocycles. The van der Waals surface area contributed by atoms with E-state index < -0.39 is 11.7 Å². The fourth-order valence-electron chi connectivity index (χ4n) is 2.22. The molecule has 0 aliphatic heterocycles. The molecule has 1 aromatic carbocycles. The lowest BCUT2D eigenvalue weighted by atomic mass is 10.00. The van der Waals surface area contributed by atoms with Crippen LogP contribution in [0.1, 0.15) is 32.0 Å². The summed E-state index contributed by atoms with van der Waals surface area (Å²) >= 11 is 6.05. The smallest absolute Gasteiger partial charge is 0.412 e. The second kappa shape index (κ2) is 6.59. The van der Waals surface area contributed by atoms with Gasteiger partial charge in [-0.2, -0.15) is 0 Å². The van der Waals surface area contributed by atoms with E-state index in [1.807, 2.05) is 65.0 Å². The fraction of sp³-hybridized carbons (Fsp3) is 0.333. The number of aryl methyl sites for hydroxylation is 2. The Balaban J connectivity index is 2.30. The Morgan fingerprint density at radius 2 is 1.87 bits per heavy atom. The number of hydrogen-bond acceptors (Lipinski definition) is 3. The molecule has 1 amide bonds. The van der Waals surface area contributed by atoms with Crippen molar-refractivity contribution in [2.45, 2.75) is 40.2 Å². The van der Waals surface area contributed by atoms with Crippen LogP contribution in [0, 0.1) is 13.8 Å². The molecule has 0 radical (unpaired) electrons. The molecule has 0 atom stereocenters. The number of pyridine rings is 1. The number of nitrogens with zero attached hydrogens (tertiary/aromatic N) is 1. The number of anilines is 1. The van der Waals surface area contributed by atoms with Gasteiger partial charge in [0.05, 0.1) is 0 Å². The summed E-state index contributed by atoms with van der Waals surface area (Å²) in [5.41, 5.74) is 4.02. The summed E-state index contributed by atoms with van der Waals surface area (Å²) in [5.74, 6) is 0. The molecule has 0 unspecified atom stereocenters. The zero-order chi connectivity index (χ0) is 17.2. The van der Waals surface area contributed by atoms with Crippen molar-refractivity contribution in [1.29, 1.82) is 0 Å². The van der Waals surface area contributed by atoms with Crippen LogP contribution in [0.3, 0.4) is 0 Å². The van der Waals surface area contributed by atoms with Crippen LogP contribution in [-0.2, 0) is 4.74 Å². The van der Waals surface area contributed by atoms with Crippen LogP contribution in [0.4, 0.5) is 10.5 Å². The second-order valence-electron chi connectivity index (χ2n) is 6.48. The van der Waals surface area contributed by atoms with E-state index in [0.717, 1.165) is 22.4 Å². The van der Waals surface area contributed by atoms with E-state index in [2.05, 4.69) is 10.3 Å². The summed E-state index contributed by atoms with van der Waals surface area (Å²) in [4.78, 5) is 16.1. The van der Waals surface area contributed by atoms with Crippen molar-refractivity contribution in [2.24, 2.45) is 0 Å². The molecule has 0 bridgehead atoms. The number of carbonyl (C=O) groups excluding carboxylic acids is 1. The van der Waals surface area contributed by atoms with Crippen molar-refractivity contribution in [2.75, 3.05) is 5.32 Å². The summed E-state index contributed by atoms with van der Waals surface area (Å²) < 4.78 is 5.27. The van der Waals surface area contributed by atoms with Gasteiger partial charge in [-0.15, -0.1) is 0 Å². The molecule has 1 aromatic heterocycles. The highest BCUT2D eigenvalue weighted by Crippen LogP contribution is 2.28. The Morgan fingerprint density at radius 1 is 1.17 bits per heavy atom. The minimum atomic E-state index is -0.534. The first kappa shape index (κ1) is 17.3. The van der Waals surface area contributed by atoms with Crippen LogP contribution in [-0.4, -0.2) is 16.7 Å². The highest BCUT2D eigenvalue weighted by atomic mass is 35.5. The standard InChI is InChI=1S/C18H21ClN2O2/c1-11-6-7-14(21-17(22)23-18(3,4)5)10-15(11)13-8-12(2)20-16(19)9-13/h6-10H,1-5H3,(H,21,22). The highest BCUT2D eigenvalue weighted by Gasteiger charge is 2.16. The van der Waals surface area contributed by atoms with Gasteiger partial charge in [-0.05, 0) is 75.6 Å². The van der Waals surface area contributed by atoms with Crippen molar-refractivity contribution in [3.05, 3.63) is 46.7 Å². The third-order valence-electron chi connectivity index (χ3n) is 3.12. The molecule has 2 rings (SSSR count). The molecule has 23 heavy (non-hydrogen) atoms. The molecule has 0 saturated carbocycles. The summed E-state index contributed by atoms with van der Waals surface area (Å²) in [6.07, 6.45) is -0.476. The van der Waals surface area contributed by atoms with E-state index in [1.54, 1.807) is 0 Å². The number of hydrogen-bond donors (Lipinski definition) is 1. The predicted molar refractivity (Wildman–Crippen MR) is 94.0 cm³/mol. The van der Waals surface area contributed by atoms with Gasteiger partial charge in [0.2, 0.25) is 0 Å². The zero-order valence-electron chi connectivity index (χ0n) is 14.0. The Hall–Kier alpha value is -2.07. The lowest BCUT2D eigenvalue weighted by Gasteiger charge is -2.20. The summed E-state index contributed by atoms with van der Waals surface area (Å²) in [7, 11) is 0. The molecule has 4 nitrogen and oxygen atoms in total. The molecule has 0 fully saturated rings. The van der Waals surface area contributed by atoms with Crippen LogP contribution >= 0.6 is 11.6 Å². The highest BCUT2D eigenvalue weighted by molar-refractivity contribution is 6.29. The summed E-state index contributed by atoms with van der Waals surface area (Å²) in [5, 5.41) is 3.20. The Labute approximate surface area is 141 Å². The van der Waals surface area contributed by atoms with Gasteiger partial charge < -0.3 is 4.74 Å². The topological polar surface area (TPSA) is 51.2 Å². The van der Waals surface area contributed by atoms with Crippen molar-refractivity contribution < 1.29 is 9.53 Å². The van der Waals surface area contributed by atoms with Crippen LogP contribution in [0.15, 0.2) is 30.3 Å². The summed E-state index contributed by atoms with van der Waals surface area (Å²) in [6, 6.07) is 9.48. The maximum atomic E-state index is 11.9. The number of amides is 1. The SMILES string of the molecule is Cc1cc(-c2cc(NC(=O)OC(C)(C)C)ccc2C)cc(Cl)n1. The van der Waals surface area contributed by atoms with E-state index in [0.29, 0.717) is 10.8 Å². The number of ether oxygens (including phenoxy) is 1. The predicted octanol–water partition coefficient (Wildman–Crippen LogP) is 5.37. The van der Waals surface area contributed by atoms with E-state index in [4.69, 9.17) is 16.3 Å². The zero-order valence-corrected chi connectivity index (χ0v) is 14.8. The number of nitrogens with one attached hydrogen (secondary N) is 1. The van der Waals surface area contributed by atoms with E-state index >= 15 is 0 Å². The van der Waals surface area contributed by atoms with Crippen LogP contribution in [0.25, 0.3) is 11.1 Å². The van der Waals surface area contributed by atoms with Crippen molar-refractivity contribution in [3.63, 3.8) is 0 Å². The van der Waals surface area contributed by atoms with E-state index in [1.165, 1.54) is 0 Å². The quantitative estimate of drug-likeness (QED) is 0.752. The van der Waals surface area contributed by atoms with Gasteiger partial charge in [0.25, 0.3) is 0 Å². The van der Waals surface area contributed by atoms with Gasteiger partial charge >= 0.3 is 6.09 Å². The molecule has 0 aliphatic rings. The first-order valence-corrected chi connectivity index (χ1v) is 7.77. The van der Waals surface area contributed by atoms with Crippen LogP contribution in [0.5, 0.6) is 0 Å². The molecule has 1 N–H and O–H groups in total. The molecular formula is C18H21ClN2O2. The summed E-state index contributed by atoms with van der Waals surface area (Å²) in [6.45, 7) is 9.39. The largest absolute Gasteiger partial charge is 0.444 e. The lowest BCUT2D eigenvalue weighted by molar-refractivity contribution is 0.0636. The normalized spacial score (nSPS) is 11.2. The van der Waals surface area contributed by atoms with E-state index in [-0.39, 0.29) is 0 Å². The number of carbonyl (C=O) groups is 1. The van der Waals surface area contributed by atoms with Gasteiger partial charge in [0, 0.05) is 11.4 Å². The minimum absolute atomic E-state index is 0.449. The van der Waals surface area contributed by atoms with Gasteiger partial charge in [-0.3, -0.25) is 5.32 Å². The Bertz CT molecular complexity index is 716. The molecule has 5 heteroatoms. The van der Waals surface area contributed by atoms with Crippen molar-refractivity contribution in [1.82, 2.24) is 4.98 Å². The Kier molecular flexibility index (Phi) is 4.95. The number of aromatic nitrogens is 1. The van der Waals surface area contributed by atoms with Gasteiger partial charge in [0.15, 0.2) is 0 Å². The lowest BCUT2D eigenvalue weighted by Crippen LogP contribution is -2.27.